The lowest BCUT2D eigenvalue weighted by Crippen LogP contribution is -2.16. The fraction of sp³-hybridized carbons (Fsp3) is 0.300. The highest BCUT2D eigenvalue weighted by Gasteiger charge is 2.05. The summed E-state index contributed by atoms with van der Waals surface area (Å²) in [6, 6.07) is 14.4. The van der Waals surface area contributed by atoms with Gasteiger partial charge in [-0.25, -0.2) is 0 Å². The first-order valence-electron chi connectivity index (χ1n) is 7.86. The highest BCUT2D eigenvalue weighted by molar-refractivity contribution is 5.66. The van der Waals surface area contributed by atoms with Crippen LogP contribution in [-0.2, 0) is 6.42 Å². The lowest BCUT2D eigenvalue weighted by Gasteiger charge is -2.14. The highest BCUT2D eigenvalue weighted by Crippen LogP contribution is 2.23. The van der Waals surface area contributed by atoms with Gasteiger partial charge >= 0.3 is 0 Å². The molecule has 0 amide bonds. The molecule has 0 fully saturated rings. The van der Waals surface area contributed by atoms with Crippen molar-refractivity contribution in [2.45, 2.75) is 20.3 Å². The molecule has 0 saturated carbocycles. The number of nitrogens with one attached hydrogen (secondary N) is 1. The molecule has 2 aromatic carbocycles. The topological polar surface area (TPSA) is 30.5 Å². The molecule has 0 aromatic heterocycles. The largest absolute Gasteiger partial charge is 0.497 e. The van der Waals surface area contributed by atoms with Gasteiger partial charge in [-0.3, -0.25) is 0 Å². The number of rotatable bonds is 7. The molecule has 0 heterocycles. The number of benzene rings is 2. The molecule has 1 N–H and O–H groups in total. The highest BCUT2D eigenvalue weighted by atomic mass is 16.5. The van der Waals surface area contributed by atoms with Gasteiger partial charge in [0.25, 0.3) is 0 Å². The van der Waals surface area contributed by atoms with Crippen LogP contribution in [0.2, 0.25) is 0 Å². The van der Waals surface area contributed by atoms with E-state index in [4.69, 9.17) is 9.47 Å². The van der Waals surface area contributed by atoms with E-state index in [0.29, 0.717) is 0 Å². The Bertz CT molecular complexity index is 655. The Morgan fingerprint density at radius 2 is 1.70 bits per heavy atom. The molecule has 0 atom stereocenters. The van der Waals surface area contributed by atoms with Crippen LogP contribution >= 0.6 is 0 Å². The van der Waals surface area contributed by atoms with Gasteiger partial charge in [0.05, 0.1) is 14.2 Å². The first-order chi connectivity index (χ1) is 11.2. The number of ether oxygens (including phenoxy) is 2. The number of aryl methyl sites for hydroxylation is 1. The predicted octanol–water partition coefficient (Wildman–Crippen LogP) is 4.21. The molecule has 0 aliphatic carbocycles. The van der Waals surface area contributed by atoms with Crippen molar-refractivity contribution in [1.29, 1.82) is 0 Å². The van der Waals surface area contributed by atoms with Gasteiger partial charge < -0.3 is 14.8 Å². The number of hydrogen-bond acceptors (Lipinski definition) is 3. The predicted molar refractivity (Wildman–Crippen MR) is 96.1 cm³/mol. The zero-order valence-corrected chi connectivity index (χ0v) is 14.3. The quantitative estimate of drug-likeness (QED) is 0.831. The van der Waals surface area contributed by atoms with E-state index in [0.717, 1.165) is 30.2 Å². The van der Waals surface area contributed by atoms with Crippen molar-refractivity contribution in [1.82, 2.24) is 5.32 Å². The molecule has 3 nitrogen and oxygen atoms in total. The molecular formula is C20H25NO2. The van der Waals surface area contributed by atoms with Gasteiger partial charge in [0.2, 0.25) is 0 Å². The number of hydrogen-bond donors (Lipinski definition) is 1. The molecule has 0 aliphatic heterocycles. The van der Waals surface area contributed by atoms with E-state index in [1.54, 1.807) is 14.2 Å². The van der Waals surface area contributed by atoms with Crippen LogP contribution in [0.5, 0.6) is 11.5 Å². The molecule has 23 heavy (non-hydrogen) atoms. The molecule has 2 rings (SSSR count). The van der Waals surface area contributed by atoms with Crippen LogP contribution in [0, 0.1) is 6.92 Å². The monoisotopic (exact) mass is 311 g/mol. The Hall–Kier alpha value is -2.42. The third kappa shape index (κ3) is 4.52. The minimum absolute atomic E-state index is 0.824. The van der Waals surface area contributed by atoms with Crippen LogP contribution in [-0.4, -0.2) is 20.8 Å². The van der Waals surface area contributed by atoms with Crippen LogP contribution in [0.15, 0.2) is 48.5 Å². The molecule has 0 radical (unpaired) electrons. The van der Waals surface area contributed by atoms with E-state index in [2.05, 4.69) is 49.5 Å². The minimum atomic E-state index is 0.824. The first kappa shape index (κ1) is 16.9. The molecule has 0 saturated heterocycles. The molecule has 0 spiro atoms. The summed E-state index contributed by atoms with van der Waals surface area (Å²) in [6.45, 7) is 5.04. The summed E-state index contributed by atoms with van der Waals surface area (Å²) in [5, 5.41) is 3.53. The van der Waals surface area contributed by atoms with Gasteiger partial charge in [-0.15, -0.1) is 0 Å². The Labute approximate surface area is 138 Å². The Balaban J connectivity index is 2.03. The Morgan fingerprint density at radius 1 is 1.04 bits per heavy atom. The van der Waals surface area contributed by atoms with E-state index in [1.165, 1.54) is 16.7 Å². The minimum Gasteiger partial charge on any atom is -0.497 e. The van der Waals surface area contributed by atoms with E-state index >= 15 is 0 Å². The zero-order chi connectivity index (χ0) is 16.7. The van der Waals surface area contributed by atoms with Crippen molar-refractivity contribution >= 4 is 5.70 Å². The molecule has 0 aliphatic rings. The van der Waals surface area contributed by atoms with Gasteiger partial charge in [-0.05, 0) is 43.5 Å². The summed E-state index contributed by atoms with van der Waals surface area (Å²) < 4.78 is 10.6. The summed E-state index contributed by atoms with van der Waals surface area (Å²) in [5.74, 6) is 1.65. The van der Waals surface area contributed by atoms with Gasteiger partial charge in [0.15, 0.2) is 0 Å². The number of methoxy groups -OCH3 is 2. The Kier molecular flexibility index (Phi) is 6.10. The summed E-state index contributed by atoms with van der Waals surface area (Å²) in [4.78, 5) is 0. The summed E-state index contributed by atoms with van der Waals surface area (Å²) in [5.41, 5.74) is 4.88. The second-order valence-corrected chi connectivity index (χ2v) is 5.41. The van der Waals surface area contributed by atoms with Crippen molar-refractivity contribution in [3.8, 4) is 11.5 Å². The maximum atomic E-state index is 5.32. The first-order valence-corrected chi connectivity index (χ1v) is 7.86. The number of allylic oxidation sites excluding steroid dienone is 1. The second-order valence-electron chi connectivity index (χ2n) is 5.41. The van der Waals surface area contributed by atoms with Gasteiger partial charge in [-0.1, -0.05) is 30.3 Å². The Morgan fingerprint density at radius 3 is 2.26 bits per heavy atom. The van der Waals surface area contributed by atoms with Crippen molar-refractivity contribution in [2.75, 3.05) is 20.8 Å². The zero-order valence-electron chi connectivity index (χ0n) is 14.3. The third-order valence-electron chi connectivity index (χ3n) is 3.86. The third-order valence-corrected chi connectivity index (χ3v) is 3.86. The average Bonchev–Trinajstić information content (AvgIpc) is 2.59. The van der Waals surface area contributed by atoms with Crippen LogP contribution in [0.4, 0.5) is 0 Å². The van der Waals surface area contributed by atoms with Crippen LogP contribution in [0.1, 0.15) is 23.6 Å². The van der Waals surface area contributed by atoms with E-state index in [1.807, 2.05) is 18.2 Å². The van der Waals surface area contributed by atoms with E-state index in [-0.39, 0.29) is 0 Å². The molecule has 0 unspecified atom stereocenters. The average molecular weight is 311 g/mol. The van der Waals surface area contributed by atoms with Gasteiger partial charge in [0, 0.05) is 23.9 Å². The van der Waals surface area contributed by atoms with Crippen molar-refractivity contribution in [2.24, 2.45) is 0 Å². The molecule has 122 valence electrons. The lowest BCUT2D eigenvalue weighted by atomic mass is 10.1. The fourth-order valence-electron chi connectivity index (χ4n) is 2.58. The summed E-state index contributed by atoms with van der Waals surface area (Å²) >= 11 is 0. The maximum Gasteiger partial charge on any atom is 0.122 e. The molecule has 3 heteroatoms. The summed E-state index contributed by atoms with van der Waals surface area (Å²) in [7, 11) is 3.35. The van der Waals surface area contributed by atoms with Crippen LogP contribution in [0.25, 0.3) is 5.70 Å². The van der Waals surface area contributed by atoms with Crippen molar-refractivity contribution in [3.63, 3.8) is 0 Å². The standard InChI is InChI=1S/C20H25NO2/c1-5-20(19-9-7-6-8-15(19)2)21-11-10-16-12-17(22-3)14-18(13-16)23-4/h5-9,12-14,21H,10-11H2,1-4H3/b20-5+. The van der Waals surface area contributed by atoms with E-state index in [9.17, 15) is 0 Å². The van der Waals surface area contributed by atoms with Crippen LogP contribution < -0.4 is 14.8 Å². The van der Waals surface area contributed by atoms with Crippen molar-refractivity contribution < 1.29 is 9.47 Å². The smallest absolute Gasteiger partial charge is 0.122 e. The van der Waals surface area contributed by atoms with Crippen LogP contribution in [0.3, 0.4) is 0 Å². The molecule has 2 aromatic rings. The van der Waals surface area contributed by atoms with Crippen molar-refractivity contribution in [3.05, 3.63) is 65.2 Å². The SMILES string of the molecule is C/C=C(/NCCc1cc(OC)cc(OC)c1)c1ccccc1C. The molecule has 0 bridgehead atoms. The normalized spacial score (nSPS) is 11.2. The fourth-order valence-corrected chi connectivity index (χ4v) is 2.58. The van der Waals surface area contributed by atoms with Gasteiger partial charge in [0.1, 0.15) is 11.5 Å². The summed E-state index contributed by atoms with van der Waals surface area (Å²) in [6.07, 6.45) is 3.02. The molecular weight excluding hydrogens is 286 g/mol. The lowest BCUT2D eigenvalue weighted by molar-refractivity contribution is 0.393. The van der Waals surface area contributed by atoms with Gasteiger partial charge in [-0.2, -0.15) is 0 Å². The maximum absolute atomic E-state index is 5.32. The van der Waals surface area contributed by atoms with E-state index < -0.39 is 0 Å². The second kappa shape index (κ2) is 8.28.